The lowest BCUT2D eigenvalue weighted by molar-refractivity contribution is 0.0741. The topological polar surface area (TPSA) is 44.6 Å². The minimum absolute atomic E-state index is 0.0249. The van der Waals surface area contributed by atoms with E-state index in [4.69, 9.17) is 0 Å². The van der Waals surface area contributed by atoms with Crippen LogP contribution in [0.2, 0.25) is 0 Å². The number of amides is 1. The first kappa shape index (κ1) is 17.0. The Labute approximate surface area is 152 Å². The minimum Gasteiger partial charge on any atom is -0.366 e. The molecule has 2 aromatic rings. The molecule has 0 atom stereocenters. The van der Waals surface area contributed by atoms with Gasteiger partial charge in [0, 0.05) is 45.5 Å². The molecule has 0 aliphatic carbocycles. The van der Waals surface area contributed by atoms with Crippen LogP contribution >= 0.6 is 0 Å². The number of carbonyl (C=O) groups is 1. The summed E-state index contributed by atoms with van der Waals surface area (Å²) < 4.78 is 16.0. The standard InChI is InChI=1S/C19H24FN5O/c1-2-22-7-8-25-13-16(21-18(25)14-22)19(26)24-11-9-23(10-12-24)17-6-4-3-5-15(17)20/h3-6,13H,2,7-12,14H2,1H3. The summed E-state index contributed by atoms with van der Waals surface area (Å²) in [6.07, 6.45) is 1.88. The van der Waals surface area contributed by atoms with Crippen molar-refractivity contribution in [1.29, 1.82) is 0 Å². The summed E-state index contributed by atoms with van der Waals surface area (Å²) >= 11 is 0. The van der Waals surface area contributed by atoms with Gasteiger partial charge in [-0.3, -0.25) is 9.69 Å². The predicted octanol–water partition coefficient (Wildman–Crippen LogP) is 1.82. The first-order valence-corrected chi connectivity index (χ1v) is 9.23. The van der Waals surface area contributed by atoms with Crippen molar-refractivity contribution in [3.63, 3.8) is 0 Å². The lowest BCUT2D eigenvalue weighted by atomic mass is 10.2. The van der Waals surface area contributed by atoms with Crippen LogP contribution in [-0.2, 0) is 13.1 Å². The van der Waals surface area contributed by atoms with Gasteiger partial charge in [0.25, 0.3) is 5.91 Å². The summed E-state index contributed by atoms with van der Waals surface area (Å²) in [7, 11) is 0. The Kier molecular flexibility index (Phi) is 4.63. The van der Waals surface area contributed by atoms with Gasteiger partial charge in [-0.2, -0.15) is 0 Å². The highest BCUT2D eigenvalue weighted by Gasteiger charge is 2.27. The zero-order chi connectivity index (χ0) is 18.1. The number of carbonyl (C=O) groups excluding carboxylic acids is 1. The van der Waals surface area contributed by atoms with Crippen molar-refractivity contribution in [1.82, 2.24) is 19.4 Å². The van der Waals surface area contributed by atoms with Gasteiger partial charge in [-0.15, -0.1) is 0 Å². The number of rotatable bonds is 3. The van der Waals surface area contributed by atoms with Gasteiger partial charge in [-0.25, -0.2) is 9.37 Å². The van der Waals surface area contributed by atoms with Crippen molar-refractivity contribution in [3.05, 3.63) is 47.8 Å². The summed E-state index contributed by atoms with van der Waals surface area (Å²) in [6, 6.07) is 6.79. The first-order valence-electron chi connectivity index (χ1n) is 9.23. The first-order chi connectivity index (χ1) is 12.7. The number of piperazine rings is 1. The molecule has 1 amide bonds. The molecule has 2 aliphatic rings. The molecule has 0 unspecified atom stereocenters. The van der Waals surface area contributed by atoms with E-state index in [9.17, 15) is 9.18 Å². The number of imidazole rings is 1. The molecule has 0 spiro atoms. The fraction of sp³-hybridized carbons (Fsp3) is 0.474. The molecule has 2 aliphatic heterocycles. The van der Waals surface area contributed by atoms with E-state index in [0.29, 0.717) is 37.6 Å². The molecule has 26 heavy (non-hydrogen) atoms. The zero-order valence-corrected chi connectivity index (χ0v) is 15.1. The fourth-order valence-electron chi connectivity index (χ4n) is 3.70. The number of hydrogen-bond acceptors (Lipinski definition) is 4. The van der Waals surface area contributed by atoms with Crippen LogP contribution in [-0.4, -0.2) is 64.5 Å². The second-order valence-corrected chi connectivity index (χ2v) is 6.84. The smallest absolute Gasteiger partial charge is 0.274 e. The van der Waals surface area contributed by atoms with Gasteiger partial charge < -0.3 is 14.4 Å². The van der Waals surface area contributed by atoms with Crippen LogP contribution in [0.1, 0.15) is 23.2 Å². The van der Waals surface area contributed by atoms with Gasteiger partial charge in [-0.1, -0.05) is 19.1 Å². The second kappa shape index (κ2) is 7.07. The lowest BCUT2D eigenvalue weighted by Gasteiger charge is -2.35. The SMILES string of the molecule is CCN1CCn2cc(C(=O)N3CCN(c4ccccc4F)CC3)nc2C1. The van der Waals surface area contributed by atoms with E-state index in [1.54, 1.807) is 12.1 Å². The number of nitrogens with zero attached hydrogens (tertiary/aromatic N) is 5. The van der Waals surface area contributed by atoms with Crippen LogP contribution in [0.4, 0.5) is 10.1 Å². The molecular weight excluding hydrogens is 333 g/mol. The van der Waals surface area contributed by atoms with E-state index in [1.165, 1.54) is 6.07 Å². The molecular formula is C19H24FN5O. The molecule has 138 valence electrons. The second-order valence-electron chi connectivity index (χ2n) is 6.84. The van der Waals surface area contributed by atoms with Crippen LogP contribution < -0.4 is 4.90 Å². The summed E-state index contributed by atoms with van der Waals surface area (Å²) in [6.45, 7) is 8.22. The number of halogens is 1. The molecule has 0 radical (unpaired) electrons. The highest BCUT2D eigenvalue weighted by Crippen LogP contribution is 2.21. The Morgan fingerprint density at radius 2 is 1.88 bits per heavy atom. The van der Waals surface area contributed by atoms with Crippen molar-refractivity contribution in [3.8, 4) is 0 Å². The number of benzene rings is 1. The Balaban J connectivity index is 1.41. The Morgan fingerprint density at radius 3 is 2.62 bits per heavy atom. The predicted molar refractivity (Wildman–Crippen MR) is 97.7 cm³/mol. The van der Waals surface area contributed by atoms with Gasteiger partial charge >= 0.3 is 0 Å². The lowest BCUT2D eigenvalue weighted by Crippen LogP contribution is -2.49. The van der Waals surface area contributed by atoms with Crippen LogP contribution in [0, 0.1) is 5.82 Å². The number of para-hydroxylation sites is 1. The van der Waals surface area contributed by atoms with Gasteiger partial charge in [0.15, 0.2) is 0 Å². The number of fused-ring (bicyclic) bond motifs is 1. The monoisotopic (exact) mass is 357 g/mol. The van der Waals surface area contributed by atoms with E-state index in [1.807, 2.05) is 22.1 Å². The maximum atomic E-state index is 13.9. The van der Waals surface area contributed by atoms with Crippen LogP contribution in [0.5, 0.6) is 0 Å². The van der Waals surface area contributed by atoms with E-state index >= 15 is 0 Å². The third-order valence-corrected chi connectivity index (χ3v) is 5.31. The Bertz CT molecular complexity index is 797. The molecule has 1 fully saturated rings. The van der Waals surface area contributed by atoms with Crippen molar-refractivity contribution < 1.29 is 9.18 Å². The number of hydrogen-bond donors (Lipinski definition) is 0. The van der Waals surface area contributed by atoms with Crippen molar-refractivity contribution in [2.75, 3.05) is 44.2 Å². The third-order valence-electron chi connectivity index (χ3n) is 5.31. The van der Waals surface area contributed by atoms with E-state index in [2.05, 4.69) is 21.4 Å². The van der Waals surface area contributed by atoms with Gasteiger partial charge in [0.1, 0.15) is 17.3 Å². The van der Waals surface area contributed by atoms with Gasteiger partial charge in [0.2, 0.25) is 0 Å². The molecule has 1 aromatic carbocycles. The summed E-state index contributed by atoms with van der Waals surface area (Å²) in [5, 5.41) is 0. The average Bonchev–Trinajstić information content (AvgIpc) is 3.11. The van der Waals surface area contributed by atoms with E-state index in [-0.39, 0.29) is 11.7 Å². The molecule has 4 rings (SSSR count). The molecule has 0 bridgehead atoms. The molecule has 0 saturated carbocycles. The van der Waals surface area contributed by atoms with Crippen LogP contribution in [0.3, 0.4) is 0 Å². The fourth-order valence-corrected chi connectivity index (χ4v) is 3.70. The highest BCUT2D eigenvalue weighted by molar-refractivity contribution is 5.92. The van der Waals surface area contributed by atoms with Crippen molar-refractivity contribution in [2.45, 2.75) is 20.0 Å². The Hall–Kier alpha value is -2.41. The summed E-state index contributed by atoms with van der Waals surface area (Å²) in [5.74, 6) is 0.726. The number of anilines is 1. The largest absolute Gasteiger partial charge is 0.366 e. The van der Waals surface area contributed by atoms with Crippen molar-refractivity contribution in [2.24, 2.45) is 0 Å². The minimum atomic E-state index is -0.213. The maximum Gasteiger partial charge on any atom is 0.274 e. The third kappa shape index (κ3) is 3.19. The molecule has 3 heterocycles. The zero-order valence-electron chi connectivity index (χ0n) is 15.1. The molecule has 1 saturated heterocycles. The van der Waals surface area contributed by atoms with E-state index in [0.717, 1.165) is 32.0 Å². The molecule has 0 N–H and O–H groups in total. The summed E-state index contributed by atoms with van der Waals surface area (Å²) in [5.41, 5.74) is 1.13. The Morgan fingerprint density at radius 1 is 1.12 bits per heavy atom. The van der Waals surface area contributed by atoms with Crippen LogP contribution in [0.15, 0.2) is 30.5 Å². The number of aromatic nitrogens is 2. The highest BCUT2D eigenvalue weighted by atomic mass is 19.1. The molecule has 6 nitrogen and oxygen atoms in total. The summed E-state index contributed by atoms with van der Waals surface area (Å²) in [4.78, 5) is 23.5. The number of likely N-dealkylation sites (N-methyl/N-ethyl adjacent to an activating group) is 1. The maximum absolute atomic E-state index is 13.9. The molecule has 7 heteroatoms. The van der Waals surface area contributed by atoms with Gasteiger partial charge in [-0.05, 0) is 18.7 Å². The van der Waals surface area contributed by atoms with E-state index < -0.39 is 0 Å². The normalized spacial score (nSPS) is 18.1. The van der Waals surface area contributed by atoms with Crippen LogP contribution in [0.25, 0.3) is 0 Å². The van der Waals surface area contributed by atoms with Crippen molar-refractivity contribution >= 4 is 11.6 Å². The molecule has 1 aromatic heterocycles. The quantitative estimate of drug-likeness (QED) is 0.841. The van der Waals surface area contributed by atoms with Gasteiger partial charge in [0.05, 0.1) is 12.2 Å². The average molecular weight is 357 g/mol.